The molecule has 0 aliphatic carbocycles. The number of carbonyl (C=O) groups is 1. The Labute approximate surface area is 245 Å². The van der Waals surface area contributed by atoms with Gasteiger partial charge in [-0.2, -0.15) is 0 Å². The van der Waals surface area contributed by atoms with Gasteiger partial charge in [0.05, 0.1) is 39.1 Å². The second kappa shape index (κ2) is 10.6. The van der Waals surface area contributed by atoms with Gasteiger partial charge in [0.15, 0.2) is 4.96 Å². The molecule has 7 rings (SSSR count). The third-order valence-corrected chi connectivity index (χ3v) is 8.18. The van der Waals surface area contributed by atoms with Crippen LogP contribution in [0.25, 0.3) is 50.3 Å². The largest absolute Gasteiger partial charge is 0.462 e. The molecule has 0 radical (unpaired) electrons. The summed E-state index contributed by atoms with van der Waals surface area (Å²) in [5.74, 6) is -0.352. The molecule has 7 heteroatoms. The van der Waals surface area contributed by atoms with Gasteiger partial charge in [-0.25, -0.2) is 14.2 Å². The van der Waals surface area contributed by atoms with Gasteiger partial charge in [-0.1, -0.05) is 84.1 Å². The molecule has 204 valence electrons. The maximum atomic E-state index is 13.7. The summed E-state index contributed by atoms with van der Waals surface area (Å²) < 4.78 is 9.68. The van der Waals surface area contributed by atoms with Crippen LogP contribution in [-0.4, -0.2) is 26.5 Å². The number of esters is 1. The molecule has 0 fully saturated rings. The van der Waals surface area contributed by atoms with E-state index in [4.69, 9.17) is 9.72 Å². The first kappa shape index (κ1) is 25.7. The van der Waals surface area contributed by atoms with Crippen LogP contribution in [0.15, 0.2) is 120 Å². The van der Waals surface area contributed by atoms with Gasteiger partial charge in [0.25, 0.3) is 5.56 Å². The van der Waals surface area contributed by atoms with Crippen LogP contribution < -0.4 is 10.1 Å². The van der Waals surface area contributed by atoms with Crippen molar-refractivity contribution in [1.29, 1.82) is 0 Å². The minimum absolute atomic E-state index is 0.0875. The van der Waals surface area contributed by atoms with Crippen LogP contribution in [0.1, 0.15) is 22.8 Å². The minimum atomic E-state index is -0.352. The lowest BCUT2D eigenvalue weighted by atomic mass is 10.1. The Bertz CT molecular complexity index is 2180. The summed E-state index contributed by atoms with van der Waals surface area (Å²) in [6.45, 7) is 2.11. The first-order chi connectivity index (χ1) is 20.6. The Hall–Kier alpha value is -5.27. The summed E-state index contributed by atoms with van der Waals surface area (Å²) in [4.78, 5) is 31.4. The second-order valence-electron chi connectivity index (χ2n) is 9.80. The van der Waals surface area contributed by atoms with Gasteiger partial charge in [-0.3, -0.25) is 4.79 Å². The van der Waals surface area contributed by atoms with E-state index >= 15 is 0 Å². The van der Waals surface area contributed by atoms with Crippen molar-refractivity contribution < 1.29 is 9.53 Å². The number of nitrogens with zero attached hydrogens (tertiary/aromatic N) is 3. The monoisotopic (exact) mass is 567 g/mol. The second-order valence-corrected chi connectivity index (χ2v) is 10.8. The van der Waals surface area contributed by atoms with E-state index in [0.717, 1.165) is 44.8 Å². The zero-order valence-electron chi connectivity index (χ0n) is 22.7. The molecule has 0 amide bonds. The van der Waals surface area contributed by atoms with Crippen LogP contribution in [0.5, 0.6) is 0 Å². The van der Waals surface area contributed by atoms with Crippen molar-refractivity contribution >= 4 is 39.4 Å². The maximum Gasteiger partial charge on any atom is 0.338 e. The first-order valence-corrected chi connectivity index (χ1v) is 14.5. The van der Waals surface area contributed by atoms with E-state index in [9.17, 15) is 9.59 Å². The molecule has 4 aromatic carbocycles. The van der Waals surface area contributed by atoms with Crippen molar-refractivity contribution in [3.05, 3.63) is 141 Å². The molecular weight excluding hydrogens is 542 g/mol. The third kappa shape index (κ3) is 4.40. The van der Waals surface area contributed by atoms with Gasteiger partial charge < -0.3 is 9.30 Å². The van der Waals surface area contributed by atoms with Crippen LogP contribution in [-0.2, 0) is 4.74 Å². The molecule has 6 nitrogen and oxygen atoms in total. The zero-order chi connectivity index (χ0) is 28.6. The fraction of sp³-hybridized carbons (Fsp3) is 0.0571. The van der Waals surface area contributed by atoms with Crippen molar-refractivity contribution in [1.82, 2.24) is 14.0 Å². The summed E-state index contributed by atoms with van der Waals surface area (Å²) in [7, 11) is 0. The Morgan fingerprint density at radius 3 is 2.24 bits per heavy atom. The van der Waals surface area contributed by atoms with Gasteiger partial charge in [0.1, 0.15) is 0 Å². The number of hydrogen-bond acceptors (Lipinski definition) is 5. The van der Waals surface area contributed by atoms with Crippen LogP contribution in [0.4, 0.5) is 0 Å². The number of rotatable bonds is 6. The van der Waals surface area contributed by atoms with Gasteiger partial charge in [-0.05, 0) is 66.6 Å². The molecule has 0 spiro atoms. The van der Waals surface area contributed by atoms with Gasteiger partial charge in [0, 0.05) is 11.3 Å². The quantitative estimate of drug-likeness (QED) is 0.208. The Kier molecular flexibility index (Phi) is 6.49. The van der Waals surface area contributed by atoms with Gasteiger partial charge in [0.2, 0.25) is 0 Å². The first-order valence-electron chi connectivity index (χ1n) is 13.7. The summed E-state index contributed by atoms with van der Waals surface area (Å²) in [6.07, 6.45) is 1.97. The van der Waals surface area contributed by atoms with Crippen molar-refractivity contribution in [2.24, 2.45) is 0 Å². The number of thiazole rings is 1. The molecule has 0 bridgehead atoms. The number of ether oxygens (including phenoxy) is 1. The molecule has 42 heavy (non-hydrogen) atoms. The predicted molar refractivity (Wildman–Crippen MR) is 168 cm³/mol. The normalized spacial score (nSPS) is 11.9. The average molecular weight is 568 g/mol. The molecule has 0 saturated carbocycles. The van der Waals surface area contributed by atoms with Crippen LogP contribution >= 0.6 is 11.3 Å². The molecule has 3 heterocycles. The predicted octanol–water partition coefficient (Wildman–Crippen LogP) is 6.76. The lowest BCUT2D eigenvalue weighted by Crippen LogP contribution is -2.22. The van der Waals surface area contributed by atoms with Gasteiger partial charge >= 0.3 is 5.97 Å². The number of carbonyl (C=O) groups excluding carboxylic acids is 1. The molecular formula is C35H25N3O3S. The lowest BCUT2D eigenvalue weighted by molar-refractivity contribution is 0.0526. The fourth-order valence-electron chi connectivity index (χ4n) is 5.34. The Balaban J connectivity index is 1.50. The fourth-order valence-corrected chi connectivity index (χ4v) is 6.31. The highest BCUT2D eigenvalue weighted by Crippen LogP contribution is 2.36. The Morgan fingerprint density at radius 2 is 1.52 bits per heavy atom. The highest BCUT2D eigenvalue weighted by molar-refractivity contribution is 7.15. The van der Waals surface area contributed by atoms with Crippen molar-refractivity contribution in [2.75, 3.05) is 6.61 Å². The molecule has 0 N–H and O–H groups in total. The van der Waals surface area contributed by atoms with E-state index < -0.39 is 0 Å². The highest BCUT2D eigenvalue weighted by Gasteiger charge is 2.20. The molecule has 0 aliphatic rings. The third-order valence-electron chi connectivity index (χ3n) is 7.22. The number of aromatic nitrogens is 3. The molecule has 0 aliphatic heterocycles. The summed E-state index contributed by atoms with van der Waals surface area (Å²) >= 11 is 1.39. The summed E-state index contributed by atoms with van der Waals surface area (Å²) in [6, 6.07) is 37.5. The van der Waals surface area contributed by atoms with Crippen LogP contribution in [0.2, 0.25) is 0 Å². The number of imidazole rings is 1. The highest BCUT2D eigenvalue weighted by atomic mass is 32.1. The Morgan fingerprint density at radius 1 is 0.857 bits per heavy atom. The van der Waals surface area contributed by atoms with Crippen LogP contribution in [0.3, 0.4) is 0 Å². The van der Waals surface area contributed by atoms with E-state index in [1.54, 1.807) is 23.5 Å². The molecule has 0 atom stereocenters. The average Bonchev–Trinajstić information content (AvgIpc) is 3.69. The van der Waals surface area contributed by atoms with E-state index in [0.29, 0.717) is 21.7 Å². The lowest BCUT2D eigenvalue weighted by Gasteiger charge is -2.15. The topological polar surface area (TPSA) is 65.6 Å². The summed E-state index contributed by atoms with van der Waals surface area (Å²) in [5, 5.41) is 0. The molecule has 7 aromatic rings. The SMILES string of the molecule is CCOC(=O)c1ccc(-n2c(-c3ccccc3)cc(/C=c3\sc4nc5ccccc5n4c3=O)c2-c2ccccc2)cc1. The zero-order valence-corrected chi connectivity index (χ0v) is 23.5. The standard InChI is InChI=1S/C35H25N3O3S/c1-2-41-34(40)25-17-19-27(20-18-25)37-30(23-11-5-3-6-12-23)21-26(32(37)24-13-7-4-8-14-24)22-31-33(39)38-29-16-10-9-15-28(29)36-35(38)42-31/h3-22H,2H2,1H3/b31-22-. The van der Waals surface area contributed by atoms with Crippen LogP contribution in [0, 0.1) is 0 Å². The number of fused-ring (bicyclic) bond motifs is 3. The molecule has 0 unspecified atom stereocenters. The van der Waals surface area contributed by atoms with Crippen molar-refractivity contribution in [3.63, 3.8) is 0 Å². The summed E-state index contributed by atoms with van der Waals surface area (Å²) in [5.41, 5.74) is 7.73. The molecule has 0 saturated heterocycles. The van der Waals surface area contributed by atoms with Crippen molar-refractivity contribution in [2.45, 2.75) is 6.92 Å². The number of para-hydroxylation sites is 2. The molecule has 3 aromatic heterocycles. The van der Waals surface area contributed by atoms with Gasteiger partial charge in [-0.15, -0.1) is 0 Å². The maximum absolute atomic E-state index is 13.7. The van der Waals surface area contributed by atoms with E-state index in [-0.39, 0.29) is 11.5 Å². The number of benzene rings is 4. The van der Waals surface area contributed by atoms with E-state index in [1.165, 1.54) is 11.3 Å². The minimum Gasteiger partial charge on any atom is -0.462 e. The van der Waals surface area contributed by atoms with E-state index in [2.05, 4.69) is 34.9 Å². The van der Waals surface area contributed by atoms with E-state index in [1.807, 2.05) is 78.9 Å². The number of hydrogen-bond donors (Lipinski definition) is 0. The van der Waals surface area contributed by atoms with Crippen molar-refractivity contribution in [3.8, 4) is 28.2 Å². The smallest absolute Gasteiger partial charge is 0.338 e.